The predicted molar refractivity (Wildman–Crippen MR) is 141 cm³/mol. The highest BCUT2D eigenvalue weighted by molar-refractivity contribution is 6.30. The van der Waals surface area contributed by atoms with Gasteiger partial charge in [-0.3, -0.25) is 4.79 Å². The summed E-state index contributed by atoms with van der Waals surface area (Å²) in [4.78, 5) is 21.5. The highest BCUT2D eigenvalue weighted by atomic mass is 35.5. The SMILES string of the molecule is C[C@@H](NC(=O)c1nc(C#CCC2CCCC2)cnc1N)c1nnc2ccc(Nc3cccc(Cl)c3)nn12. The fraction of sp³-hybridized carbons (Fsp3) is 0.308. The van der Waals surface area contributed by atoms with E-state index < -0.39 is 11.9 Å². The van der Waals surface area contributed by atoms with Gasteiger partial charge in [-0.1, -0.05) is 36.4 Å². The number of nitrogens with one attached hydrogen (secondary N) is 2. The number of aromatic nitrogens is 6. The minimum absolute atomic E-state index is 0.0182. The third-order valence-electron chi connectivity index (χ3n) is 6.22. The van der Waals surface area contributed by atoms with Crippen LogP contribution in [-0.4, -0.2) is 35.7 Å². The Bertz CT molecular complexity index is 1500. The van der Waals surface area contributed by atoms with Gasteiger partial charge in [0.15, 0.2) is 28.8 Å². The second kappa shape index (κ2) is 10.8. The monoisotopic (exact) mass is 515 g/mol. The molecule has 0 radical (unpaired) electrons. The van der Waals surface area contributed by atoms with Crippen molar-refractivity contribution < 1.29 is 4.79 Å². The van der Waals surface area contributed by atoms with Crippen LogP contribution in [0.25, 0.3) is 5.65 Å². The zero-order chi connectivity index (χ0) is 25.8. The first kappa shape index (κ1) is 24.5. The van der Waals surface area contributed by atoms with Crippen molar-refractivity contribution in [2.45, 2.75) is 45.1 Å². The number of hydrogen-bond donors (Lipinski definition) is 3. The molecule has 11 heteroatoms. The first-order chi connectivity index (χ1) is 18.0. The molecule has 3 heterocycles. The molecule has 1 amide bonds. The molecular formula is C26H26ClN9O. The van der Waals surface area contributed by atoms with Crippen molar-refractivity contribution in [2.24, 2.45) is 5.92 Å². The van der Waals surface area contributed by atoms with Gasteiger partial charge in [-0.25, -0.2) is 9.97 Å². The molecule has 1 aliphatic rings. The van der Waals surface area contributed by atoms with Gasteiger partial charge in [0.25, 0.3) is 5.91 Å². The lowest BCUT2D eigenvalue weighted by Crippen LogP contribution is -2.30. The van der Waals surface area contributed by atoms with E-state index >= 15 is 0 Å². The van der Waals surface area contributed by atoms with Gasteiger partial charge in [0, 0.05) is 17.1 Å². The van der Waals surface area contributed by atoms with E-state index in [0.29, 0.717) is 33.9 Å². The van der Waals surface area contributed by atoms with Gasteiger partial charge < -0.3 is 16.4 Å². The zero-order valence-electron chi connectivity index (χ0n) is 20.3. The van der Waals surface area contributed by atoms with Crippen molar-refractivity contribution in [1.82, 2.24) is 35.1 Å². The van der Waals surface area contributed by atoms with E-state index in [1.54, 1.807) is 35.7 Å². The van der Waals surface area contributed by atoms with Crippen LogP contribution >= 0.6 is 11.6 Å². The Kier molecular flexibility index (Phi) is 7.14. The minimum Gasteiger partial charge on any atom is -0.382 e. The standard InChI is InChI=1S/C26H26ClN9O/c1-16(25-34-33-22-13-12-21(35-36(22)25)31-19-10-5-9-18(27)14-19)30-26(37)23-24(28)29-15-20(32-23)11-4-8-17-6-2-3-7-17/h5,9-10,12-17H,2-3,6-8H2,1H3,(H2,28,29)(H,30,37)(H,31,35)/t16-/m1/s1. The number of nitrogen functional groups attached to an aromatic ring is 1. The van der Waals surface area contributed by atoms with Crippen LogP contribution in [0.3, 0.4) is 0 Å². The number of benzene rings is 1. The number of carbonyl (C=O) groups excluding carboxylic acids is 1. The van der Waals surface area contributed by atoms with Crippen molar-refractivity contribution >= 4 is 40.5 Å². The fourth-order valence-corrected chi connectivity index (χ4v) is 4.50. The quantitative estimate of drug-likeness (QED) is 0.323. The predicted octanol–water partition coefficient (Wildman–Crippen LogP) is 4.32. The van der Waals surface area contributed by atoms with E-state index in [4.69, 9.17) is 17.3 Å². The summed E-state index contributed by atoms with van der Waals surface area (Å²) in [7, 11) is 0. The second-order valence-corrected chi connectivity index (χ2v) is 9.46. The minimum atomic E-state index is -0.547. The summed E-state index contributed by atoms with van der Waals surface area (Å²) in [5, 5.41) is 19.6. The highest BCUT2D eigenvalue weighted by Gasteiger charge is 2.21. The number of fused-ring (bicyclic) bond motifs is 1. The molecule has 3 aromatic heterocycles. The van der Waals surface area contributed by atoms with Crippen molar-refractivity contribution in [3.05, 3.63) is 64.8 Å². The maximum absolute atomic E-state index is 13.0. The van der Waals surface area contributed by atoms with Crippen LogP contribution in [0.2, 0.25) is 5.02 Å². The summed E-state index contributed by atoms with van der Waals surface area (Å²) in [5.74, 6) is 7.38. The number of nitrogens with zero attached hydrogens (tertiary/aromatic N) is 6. The van der Waals surface area contributed by atoms with Crippen molar-refractivity contribution in [3.8, 4) is 11.8 Å². The molecule has 1 fully saturated rings. The normalized spacial score (nSPS) is 14.2. The Morgan fingerprint density at radius 3 is 2.89 bits per heavy atom. The third kappa shape index (κ3) is 5.78. The average Bonchev–Trinajstić information content (AvgIpc) is 3.55. The maximum atomic E-state index is 13.0. The molecule has 188 valence electrons. The molecule has 0 unspecified atom stereocenters. The topological polar surface area (TPSA) is 136 Å². The number of rotatable bonds is 6. The van der Waals surface area contributed by atoms with Gasteiger partial charge in [0.05, 0.1) is 12.2 Å². The van der Waals surface area contributed by atoms with Crippen molar-refractivity contribution in [2.75, 3.05) is 11.1 Å². The summed E-state index contributed by atoms with van der Waals surface area (Å²) in [6.07, 6.45) is 7.30. The van der Waals surface area contributed by atoms with Crippen LogP contribution < -0.4 is 16.4 Å². The maximum Gasteiger partial charge on any atom is 0.274 e. The number of carbonyl (C=O) groups is 1. The van der Waals surface area contributed by atoms with E-state index in [1.807, 2.05) is 12.1 Å². The Morgan fingerprint density at radius 2 is 2.08 bits per heavy atom. The van der Waals surface area contributed by atoms with Gasteiger partial charge in [-0.2, -0.15) is 4.52 Å². The number of halogens is 1. The summed E-state index contributed by atoms with van der Waals surface area (Å²) >= 11 is 6.08. The summed E-state index contributed by atoms with van der Waals surface area (Å²) < 4.78 is 1.57. The Morgan fingerprint density at radius 1 is 1.24 bits per heavy atom. The van der Waals surface area contributed by atoms with Crippen molar-refractivity contribution in [3.63, 3.8) is 0 Å². The number of nitrogens with two attached hydrogens (primary N) is 1. The van der Waals surface area contributed by atoms with Gasteiger partial charge >= 0.3 is 0 Å². The summed E-state index contributed by atoms with van der Waals surface area (Å²) in [6, 6.07) is 10.3. The molecule has 1 saturated carbocycles. The number of amides is 1. The number of anilines is 3. The van der Waals surface area contributed by atoms with Gasteiger partial charge in [-0.15, -0.1) is 15.3 Å². The van der Waals surface area contributed by atoms with E-state index in [2.05, 4.69) is 47.7 Å². The molecule has 37 heavy (non-hydrogen) atoms. The lowest BCUT2D eigenvalue weighted by atomic mass is 10.1. The van der Waals surface area contributed by atoms with Crippen LogP contribution in [0, 0.1) is 17.8 Å². The van der Waals surface area contributed by atoms with Crippen LogP contribution in [0.4, 0.5) is 17.3 Å². The molecule has 1 aliphatic carbocycles. The molecule has 1 aromatic carbocycles. The lowest BCUT2D eigenvalue weighted by molar-refractivity contribution is 0.0933. The summed E-state index contributed by atoms with van der Waals surface area (Å²) in [6.45, 7) is 1.78. The van der Waals surface area contributed by atoms with Gasteiger partial charge in [0.1, 0.15) is 5.69 Å². The Labute approximate surface area is 219 Å². The van der Waals surface area contributed by atoms with E-state index in [1.165, 1.54) is 31.9 Å². The molecule has 4 aromatic rings. The van der Waals surface area contributed by atoms with Crippen LogP contribution in [-0.2, 0) is 0 Å². The molecule has 0 bridgehead atoms. The first-order valence-corrected chi connectivity index (χ1v) is 12.5. The van der Waals surface area contributed by atoms with Gasteiger partial charge in [-0.05, 0) is 61.9 Å². The fourth-order valence-electron chi connectivity index (χ4n) is 4.31. The van der Waals surface area contributed by atoms with E-state index in [-0.39, 0.29) is 11.5 Å². The van der Waals surface area contributed by atoms with E-state index in [0.717, 1.165) is 12.1 Å². The zero-order valence-corrected chi connectivity index (χ0v) is 21.0. The number of hydrogen-bond acceptors (Lipinski definition) is 8. The molecule has 0 aliphatic heterocycles. The summed E-state index contributed by atoms with van der Waals surface area (Å²) in [5.41, 5.74) is 7.71. The lowest BCUT2D eigenvalue weighted by Gasteiger charge is -2.13. The van der Waals surface area contributed by atoms with Crippen molar-refractivity contribution in [1.29, 1.82) is 0 Å². The third-order valence-corrected chi connectivity index (χ3v) is 6.45. The molecule has 5 rings (SSSR count). The first-order valence-electron chi connectivity index (χ1n) is 12.1. The Balaban J connectivity index is 1.31. The largest absolute Gasteiger partial charge is 0.382 e. The van der Waals surface area contributed by atoms with Crippen LogP contribution in [0.1, 0.15) is 67.1 Å². The molecule has 0 spiro atoms. The smallest absolute Gasteiger partial charge is 0.274 e. The molecule has 0 saturated heterocycles. The van der Waals surface area contributed by atoms with Crippen LogP contribution in [0.15, 0.2) is 42.6 Å². The second-order valence-electron chi connectivity index (χ2n) is 9.02. The van der Waals surface area contributed by atoms with Gasteiger partial charge in [0.2, 0.25) is 0 Å². The molecule has 10 nitrogen and oxygen atoms in total. The molecule has 1 atom stereocenters. The average molecular weight is 516 g/mol. The Hall–Kier alpha value is -4.23. The van der Waals surface area contributed by atoms with E-state index in [9.17, 15) is 4.79 Å². The highest BCUT2D eigenvalue weighted by Crippen LogP contribution is 2.27. The van der Waals surface area contributed by atoms with Crippen LogP contribution in [0.5, 0.6) is 0 Å². The molecular weight excluding hydrogens is 490 g/mol. The molecule has 4 N–H and O–H groups in total.